The van der Waals surface area contributed by atoms with Crippen molar-refractivity contribution in [2.24, 2.45) is 0 Å². The zero-order chi connectivity index (χ0) is 29.1. The third kappa shape index (κ3) is 5.82. The number of carbonyl (C=O) groups is 1. The van der Waals surface area contributed by atoms with E-state index in [9.17, 15) is 13.2 Å². The second kappa shape index (κ2) is 11.7. The van der Waals surface area contributed by atoms with E-state index in [0.29, 0.717) is 47.3 Å². The molecule has 2 aromatic heterocycles. The zero-order valence-corrected chi connectivity index (χ0v) is 24.9. The van der Waals surface area contributed by atoms with Crippen LogP contribution in [0.25, 0.3) is 10.2 Å². The molecule has 5 rings (SSSR count). The molecule has 0 aliphatic carbocycles. The van der Waals surface area contributed by atoms with E-state index in [4.69, 9.17) is 9.72 Å². The highest BCUT2D eigenvalue weighted by molar-refractivity contribution is 7.92. The molecule has 0 N–H and O–H groups in total. The largest absolute Gasteiger partial charge is 0.492 e. The highest BCUT2D eigenvalue weighted by Crippen LogP contribution is 2.35. The first-order valence-electron chi connectivity index (χ1n) is 13.2. The third-order valence-corrected chi connectivity index (χ3v) is 9.51. The van der Waals surface area contributed by atoms with Crippen molar-refractivity contribution in [3.8, 4) is 5.75 Å². The summed E-state index contributed by atoms with van der Waals surface area (Å²) < 4.78 is 36.3. The number of thiazole rings is 1. The molecule has 0 spiro atoms. The molecule has 11 heteroatoms. The van der Waals surface area contributed by atoms with E-state index in [1.54, 1.807) is 41.3 Å². The average Bonchev–Trinajstić information content (AvgIpc) is 3.55. The number of amides is 1. The Balaban J connectivity index is 1.47. The molecular formula is C30H31N5O4S2. The Kier molecular flexibility index (Phi) is 8.09. The Morgan fingerprint density at radius 2 is 1.73 bits per heavy atom. The number of ether oxygens (including phenoxy) is 1. The van der Waals surface area contributed by atoms with E-state index in [2.05, 4.69) is 5.10 Å². The van der Waals surface area contributed by atoms with Crippen LogP contribution in [0.4, 0.5) is 10.8 Å². The Morgan fingerprint density at radius 1 is 1.00 bits per heavy atom. The van der Waals surface area contributed by atoms with E-state index in [1.165, 1.54) is 34.8 Å². The van der Waals surface area contributed by atoms with Crippen LogP contribution >= 0.6 is 11.3 Å². The van der Waals surface area contributed by atoms with Gasteiger partial charge in [0.05, 0.1) is 34.1 Å². The van der Waals surface area contributed by atoms with Crippen molar-refractivity contribution in [3.05, 3.63) is 95.8 Å². The Bertz CT molecular complexity index is 1780. The van der Waals surface area contributed by atoms with E-state index >= 15 is 0 Å². The molecule has 0 bridgehead atoms. The number of sulfonamides is 1. The first-order valence-corrected chi connectivity index (χ1v) is 15.4. The summed E-state index contributed by atoms with van der Waals surface area (Å²) in [4.78, 5) is 20.4. The van der Waals surface area contributed by atoms with Gasteiger partial charge in [-0.05, 0) is 75.4 Å². The number of aryl methyl sites for hydroxylation is 2. The number of fused-ring (bicyclic) bond motifs is 1. The second-order valence-corrected chi connectivity index (χ2v) is 12.5. The number of benzene rings is 3. The lowest BCUT2D eigenvalue weighted by molar-refractivity contribution is 0.0985. The SMILES string of the molecule is CCOc1cccc2sc(N(CCn3nc(C)cc3C)C(=O)c3ccc(S(=O)(=O)N(C)c4ccccc4)cc3)nc12. The minimum absolute atomic E-state index is 0.0935. The van der Waals surface area contributed by atoms with Gasteiger partial charge in [0.1, 0.15) is 11.3 Å². The highest BCUT2D eigenvalue weighted by Gasteiger charge is 2.25. The number of carbonyl (C=O) groups excluding carboxylic acids is 1. The predicted molar refractivity (Wildman–Crippen MR) is 163 cm³/mol. The maximum absolute atomic E-state index is 13.9. The summed E-state index contributed by atoms with van der Waals surface area (Å²) in [7, 11) is -2.30. The van der Waals surface area contributed by atoms with Gasteiger partial charge in [0, 0.05) is 24.8 Å². The lowest BCUT2D eigenvalue weighted by atomic mass is 10.2. The summed E-state index contributed by atoms with van der Waals surface area (Å²) >= 11 is 1.40. The van der Waals surface area contributed by atoms with E-state index in [1.807, 2.05) is 55.8 Å². The standard InChI is InChI=1S/C30H31N5O4S2/c1-5-39-26-12-9-13-27-28(26)31-30(40-27)34(18-19-35-22(3)20-21(2)32-35)29(36)23-14-16-25(17-15-23)41(37,38)33(4)24-10-7-6-8-11-24/h6-17,20H,5,18-19H2,1-4H3. The predicted octanol–water partition coefficient (Wildman–Crippen LogP) is 5.68. The molecule has 0 radical (unpaired) electrons. The van der Waals surface area contributed by atoms with Crippen LogP contribution in [-0.4, -0.2) is 49.3 Å². The molecule has 212 valence electrons. The quantitative estimate of drug-likeness (QED) is 0.208. The Hall–Kier alpha value is -4.22. The summed E-state index contributed by atoms with van der Waals surface area (Å²) in [6.07, 6.45) is 0. The number of hydrogen-bond donors (Lipinski definition) is 0. The molecule has 5 aromatic rings. The number of nitrogens with zero attached hydrogens (tertiary/aromatic N) is 5. The zero-order valence-electron chi connectivity index (χ0n) is 23.3. The molecule has 3 aromatic carbocycles. The molecule has 0 aliphatic heterocycles. The van der Waals surface area contributed by atoms with Crippen molar-refractivity contribution >= 4 is 48.3 Å². The van der Waals surface area contributed by atoms with Crippen LogP contribution in [0.1, 0.15) is 28.7 Å². The Labute approximate surface area is 243 Å². The van der Waals surface area contributed by atoms with Gasteiger partial charge in [-0.25, -0.2) is 13.4 Å². The lowest BCUT2D eigenvalue weighted by Crippen LogP contribution is -2.34. The van der Waals surface area contributed by atoms with Crippen molar-refractivity contribution in [2.45, 2.75) is 32.2 Å². The van der Waals surface area contributed by atoms with Crippen LogP contribution in [0.2, 0.25) is 0 Å². The molecule has 0 saturated heterocycles. The van der Waals surface area contributed by atoms with E-state index < -0.39 is 10.0 Å². The minimum atomic E-state index is -3.81. The fraction of sp³-hybridized carbons (Fsp3) is 0.233. The third-order valence-electron chi connectivity index (χ3n) is 6.66. The fourth-order valence-electron chi connectivity index (χ4n) is 4.54. The number of anilines is 2. The van der Waals surface area contributed by atoms with Crippen molar-refractivity contribution < 1.29 is 17.9 Å². The minimum Gasteiger partial charge on any atom is -0.492 e. The van der Waals surface area contributed by atoms with Crippen LogP contribution < -0.4 is 13.9 Å². The monoisotopic (exact) mass is 589 g/mol. The van der Waals surface area contributed by atoms with Crippen molar-refractivity contribution in [1.29, 1.82) is 0 Å². The molecule has 0 unspecified atom stereocenters. The van der Waals surface area contributed by atoms with Gasteiger partial charge in [0.15, 0.2) is 5.13 Å². The molecule has 41 heavy (non-hydrogen) atoms. The van der Waals surface area contributed by atoms with Gasteiger partial charge < -0.3 is 4.74 Å². The number of aromatic nitrogens is 3. The van der Waals surface area contributed by atoms with Crippen LogP contribution in [0, 0.1) is 13.8 Å². The second-order valence-electron chi connectivity index (χ2n) is 9.47. The highest BCUT2D eigenvalue weighted by atomic mass is 32.2. The smallest absolute Gasteiger partial charge is 0.264 e. The summed E-state index contributed by atoms with van der Waals surface area (Å²) in [6, 6.07) is 22.6. The average molecular weight is 590 g/mol. The van der Waals surface area contributed by atoms with E-state index in [0.717, 1.165) is 16.1 Å². The van der Waals surface area contributed by atoms with Gasteiger partial charge in [-0.1, -0.05) is 35.6 Å². The first kappa shape index (κ1) is 28.3. The number of rotatable bonds is 10. The summed E-state index contributed by atoms with van der Waals surface area (Å²) in [5.74, 6) is 0.374. The number of hydrogen-bond acceptors (Lipinski definition) is 7. The molecule has 9 nitrogen and oxygen atoms in total. The molecular weight excluding hydrogens is 558 g/mol. The van der Waals surface area contributed by atoms with Gasteiger partial charge in [-0.15, -0.1) is 0 Å². The van der Waals surface area contributed by atoms with Gasteiger partial charge in [0.25, 0.3) is 15.9 Å². The topological polar surface area (TPSA) is 97.6 Å². The van der Waals surface area contributed by atoms with Gasteiger partial charge in [-0.3, -0.25) is 18.7 Å². The maximum Gasteiger partial charge on any atom is 0.264 e. The molecule has 0 fully saturated rings. The lowest BCUT2D eigenvalue weighted by Gasteiger charge is -2.21. The molecule has 0 saturated carbocycles. The summed E-state index contributed by atoms with van der Waals surface area (Å²) in [5.41, 5.74) is 3.49. The van der Waals surface area contributed by atoms with Crippen LogP contribution in [0.5, 0.6) is 5.75 Å². The summed E-state index contributed by atoms with van der Waals surface area (Å²) in [6.45, 7) is 7.11. The van der Waals surface area contributed by atoms with Crippen LogP contribution in [0.15, 0.2) is 83.8 Å². The number of para-hydroxylation sites is 2. The van der Waals surface area contributed by atoms with Crippen molar-refractivity contribution in [1.82, 2.24) is 14.8 Å². The van der Waals surface area contributed by atoms with Gasteiger partial charge in [0.2, 0.25) is 0 Å². The summed E-state index contributed by atoms with van der Waals surface area (Å²) in [5, 5.41) is 5.07. The van der Waals surface area contributed by atoms with E-state index in [-0.39, 0.29) is 10.8 Å². The van der Waals surface area contributed by atoms with Crippen molar-refractivity contribution in [3.63, 3.8) is 0 Å². The molecule has 0 aliphatic rings. The fourth-order valence-corrected chi connectivity index (χ4v) is 6.74. The Morgan fingerprint density at radius 3 is 2.39 bits per heavy atom. The molecule has 0 atom stereocenters. The van der Waals surface area contributed by atoms with Crippen LogP contribution in [-0.2, 0) is 16.6 Å². The molecule has 2 heterocycles. The maximum atomic E-state index is 13.9. The van der Waals surface area contributed by atoms with Crippen LogP contribution in [0.3, 0.4) is 0 Å². The molecule has 1 amide bonds. The van der Waals surface area contributed by atoms with Crippen molar-refractivity contribution in [2.75, 3.05) is 29.4 Å². The van der Waals surface area contributed by atoms with Gasteiger partial charge >= 0.3 is 0 Å². The van der Waals surface area contributed by atoms with Gasteiger partial charge in [-0.2, -0.15) is 5.10 Å². The first-order chi connectivity index (χ1) is 19.7. The normalized spacial score (nSPS) is 11.5.